The summed E-state index contributed by atoms with van der Waals surface area (Å²) in [7, 11) is 3.15. The zero-order chi connectivity index (χ0) is 19.7. The molecular formula is C21H23N3O4. The van der Waals surface area contributed by atoms with Crippen LogP contribution in [0.1, 0.15) is 38.1 Å². The molecule has 0 aliphatic heterocycles. The number of pyridine rings is 1. The van der Waals surface area contributed by atoms with E-state index in [9.17, 15) is 9.59 Å². The molecule has 1 aliphatic rings. The number of methoxy groups -OCH3 is 2. The van der Waals surface area contributed by atoms with Crippen molar-refractivity contribution in [1.82, 2.24) is 14.5 Å². The van der Waals surface area contributed by atoms with Crippen LogP contribution in [0.4, 0.5) is 0 Å². The van der Waals surface area contributed by atoms with Gasteiger partial charge < -0.3 is 9.47 Å². The highest BCUT2D eigenvalue weighted by Crippen LogP contribution is 2.35. The molecule has 28 heavy (non-hydrogen) atoms. The summed E-state index contributed by atoms with van der Waals surface area (Å²) in [6, 6.07) is 7.34. The molecule has 1 aliphatic carbocycles. The van der Waals surface area contributed by atoms with Gasteiger partial charge in [-0.2, -0.15) is 0 Å². The van der Waals surface area contributed by atoms with Gasteiger partial charge in [0.1, 0.15) is 5.65 Å². The van der Waals surface area contributed by atoms with Crippen molar-refractivity contribution in [3.63, 3.8) is 0 Å². The minimum absolute atomic E-state index is 0.0637. The number of rotatable bonds is 4. The van der Waals surface area contributed by atoms with Crippen molar-refractivity contribution in [3.8, 4) is 22.6 Å². The van der Waals surface area contributed by atoms with Gasteiger partial charge in [0, 0.05) is 12.2 Å². The van der Waals surface area contributed by atoms with Gasteiger partial charge in [-0.3, -0.25) is 14.3 Å². The minimum Gasteiger partial charge on any atom is -0.493 e. The number of hydrogen-bond acceptors (Lipinski definition) is 5. The van der Waals surface area contributed by atoms with Crippen LogP contribution in [0.2, 0.25) is 0 Å². The highest BCUT2D eigenvalue weighted by atomic mass is 16.5. The largest absolute Gasteiger partial charge is 0.493 e. The molecule has 1 aromatic carbocycles. The molecule has 0 atom stereocenters. The lowest BCUT2D eigenvalue weighted by Gasteiger charge is -2.24. The van der Waals surface area contributed by atoms with E-state index in [1.54, 1.807) is 37.1 Å². The van der Waals surface area contributed by atoms with E-state index in [4.69, 9.17) is 9.47 Å². The molecule has 1 N–H and O–H groups in total. The number of aromatic amines is 1. The van der Waals surface area contributed by atoms with Crippen LogP contribution in [0.3, 0.4) is 0 Å². The fourth-order valence-electron chi connectivity index (χ4n) is 4.10. The highest BCUT2D eigenvalue weighted by molar-refractivity contribution is 5.92. The number of benzene rings is 1. The van der Waals surface area contributed by atoms with Crippen LogP contribution in [0.15, 0.2) is 40.1 Å². The van der Waals surface area contributed by atoms with Crippen LogP contribution < -0.4 is 20.7 Å². The Kier molecular flexibility index (Phi) is 4.90. The van der Waals surface area contributed by atoms with E-state index < -0.39 is 5.56 Å². The molecular weight excluding hydrogens is 358 g/mol. The summed E-state index contributed by atoms with van der Waals surface area (Å²) in [4.78, 5) is 32.3. The third kappa shape index (κ3) is 3.06. The molecule has 4 rings (SSSR count). The number of H-pyrrole nitrogens is 1. The molecule has 2 heterocycles. The molecule has 0 radical (unpaired) electrons. The lowest BCUT2D eigenvalue weighted by atomic mass is 9.95. The molecule has 0 bridgehead atoms. The summed E-state index contributed by atoms with van der Waals surface area (Å²) in [6.45, 7) is 0. The Bertz CT molecular complexity index is 1130. The third-order valence-electron chi connectivity index (χ3n) is 5.46. The van der Waals surface area contributed by atoms with Crippen LogP contribution in [-0.4, -0.2) is 28.8 Å². The number of fused-ring (bicyclic) bond motifs is 1. The predicted molar refractivity (Wildman–Crippen MR) is 107 cm³/mol. The smallest absolute Gasteiger partial charge is 0.330 e. The maximum atomic E-state index is 12.7. The molecule has 1 fully saturated rings. The average Bonchev–Trinajstić information content (AvgIpc) is 2.73. The van der Waals surface area contributed by atoms with E-state index in [0.29, 0.717) is 28.1 Å². The summed E-state index contributed by atoms with van der Waals surface area (Å²) in [5, 5.41) is 0.417. The second-order valence-corrected chi connectivity index (χ2v) is 7.05. The maximum Gasteiger partial charge on any atom is 0.330 e. The van der Waals surface area contributed by atoms with E-state index in [2.05, 4.69) is 9.97 Å². The quantitative estimate of drug-likeness (QED) is 0.750. The minimum atomic E-state index is -0.426. The molecule has 146 valence electrons. The van der Waals surface area contributed by atoms with Crippen molar-refractivity contribution in [1.29, 1.82) is 0 Å². The maximum absolute atomic E-state index is 12.7. The first-order valence-corrected chi connectivity index (χ1v) is 9.50. The first kappa shape index (κ1) is 18.3. The van der Waals surface area contributed by atoms with Gasteiger partial charge in [-0.25, -0.2) is 9.78 Å². The molecule has 0 amide bonds. The summed E-state index contributed by atoms with van der Waals surface area (Å²) >= 11 is 0. The summed E-state index contributed by atoms with van der Waals surface area (Å²) < 4.78 is 12.4. The molecule has 2 aromatic heterocycles. The van der Waals surface area contributed by atoms with Gasteiger partial charge in [-0.1, -0.05) is 25.3 Å². The Morgan fingerprint density at radius 1 is 1.04 bits per heavy atom. The van der Waals surface area contributed by atoms with Crippen molar-refractivity contribution in [2.24, 2.45) is 0 Å². The Labute approximate surface area is 162 Å². The monoisotopic (exact) mass is 381 g/mol. The zero-order valence-corrected chi connectivity index (χ0v) is 16.0. The molecule has 1 saturated carbocycles. The molecule has 0 spiro atoms. The topological polar surface area (TPSA) is 86.2 Å². The van der Waals surface area contributed by atoms with Gasteiger partial charge in [-0.05, 0) is 42.2 Å². The fourth-order valence-corrected chi connectivity index (χ4v) is 4.10. The number of nitrogens with zero attached hydrogens (tertiary/aromatic N) is 2. The third-order valence-corrected chi connectivity index (χ3v) is 5.46. The second-order valence-electron chi connectivity index (χ2n) is 7.05. The van der Waals surface area contributed by atoms with Gasteiger partial charge in [0.05, 0.1) is 19.6 Å². The molecule has 0 saturated heterocycles. The Morgan fingerprint density at radius 2 is 1.79 bits per heavy atom. The molecule has 3 aromatic rings. The van der Waals surface area contributed by atoms with Crippen LogP contribution in [0, 0.1) is 0 Å². The fraction of sp³-hybridized carbons (Fsp3) is 0.381. The molecule has 0 unspecified atom stereocenters. The van der Waals surface area contributed by atoms with E-state index in [1.807, 2.05) is 12.1 Å². The normalized spacial score (nSPS) is 14.9. The average molecular weight is 381 g/mol. The van der Waals surface area contributed by atoms with Gasteiger partial charge in [0.25, 0.3) is 5.56 Å². The van der Waals surface area contributed by atoms with Crippen LogP contribution in [-0.2, 0) is 0 Å². The predicted octanol–water partition coefficient (Wildman–Crippen LogP) is 3.27. The zero-order valence-electron chi connectivity index (χ0n) is 16.0. The van der Waals surface area contributed by atoms with Gasteiger partial charge in [0.2, 0.25) is 0 Å². The Morgan fingerprint density at radius 3 is 2.50 bits per heavy atom. The van der Waals surface area contributed by atoms with E-state index in [0.717, 1.165) is 31.2 Å². The van der Waals surface area contributed by atoms with Crippen molar-refractivity contribution in [3.05, 3.63) is 51.3 Å². The summed E-state index contributed by atoms with van der Waals surface area (Å²) in [5.74, 6) is 1.18. The van der Waals surface area contributed by atoms with Gasteiger partial charge in [-0.15, -0.1) is 0 Å². The first-order chi connectivity index (χ1) is 13.6. The van der Waals surface area contributed by atoms with Crippen molar-refractivity contribution in [2.75, 3.05) is 14.2 Å². The Balaban J connectivity index is 1.96. The van der Waals surface area contributed by atoms with Crippen LogP contribution >= 0.6 is 0 Å². The van der Waals surface area contributed by atoms with Gasteiger partial charge >= 0.3 is 5.69 Å². The Hall–Kier alpha value is -3.09. The first-order valence-electron chi connectivity index (χ1n) is 9.50. The van der Waals surface area contributed by atoms with E-state index >= 15 is 0 Å². The van der Waals surface area contributed by atoms with Crippen LogP contribution in [0.25, 0.3) is 22.2 Å². The number of hydrogen-bond donors (Lipinski definition) is 1. The number of nitrogens with one attached hydrogen (secondary N) is 1. The molecule has 7 heteroatoms. The second kappa shape index (κ2) is 7.50. The highest BCUT2D eigenvalue weighted by Gasteiger charge is 2.22. The number of ether oxygens (including phenoxy) is 2. The van der Waals surface area contributed by atoms with Crippen molar-refractivity contribution >= 4 is 11.0 Å². The van der Waals surface area contributed by atoms with Crippen LogP contribution in [0.5, 0.6) is 11.5 Å². The van der Waals surface area contributed by atoms with Gasteiger partial charge in [0.15, 0.2) is 11.5 Å². The van der Waals surface area contributed by atoms with E-state index in [-0.39, 0.29) is 11.7 Å². The SMILES string of the molecule is COc1ccc(-c2ccnc3c2c(=O)[nH]c(=O)n3C2CCCCC2)cc1OC. The summed E-state index contributed by atoms with van der Waals surface area (Å²) in [6.07, 6.45) is 6.82. The van der Waals surface area contributed by atoms with Crippen molar-refractivity contribution in [2.45, 2.75) is 38.1 Å². The lowest BCUT2D eigenvalue weighted by Crippen LogP contribution is -2.34. The van der Waals surface area contributed by atoms with E-state index in [1.165, 1.54) is 6.42 Å². The van der Waals surface area contributed by atoms with Crippen molar-refractivity contribution < 1.29 is 9.47 Å². The summed E-state index contributed by atoms with van der Waals surface area (Å²) in [5.41, 5.74) is 1.13. The molecule has 7 nitrogen and oxygen atoms in total. The number of aromatic nitrogens is 3. The standard InChI is InChI=1S/C21H23N3O4/c1-27-16-9-8-13(12-17(16)28-2)15-10-11-22-19-18(15)20(25)23-21(26)24(19)14-6-4-3-5-7-14/h8-12,14H,3-7H2,1-2H3,(H,23,25,26). The lowest BCUT2D eigenvalue weighted by molar-refractivity contribution is 0.349.